The normalized spacial score (nSPS) is 13.1. The highest BCUT2D eigenvalue weighted by atomic mass is 79.9. The monoisotopic (exact) mass is 429 g/mol. The number of carbonyl (C=O) groups is 2. The summed E-state index contributed by atoms with van der Waals surface area (Å²) in [6.45, 7) is 0. The summed E-state index contributed by atoms with van der Waals surface area (Å²) in [6.07, 6.45) is 4.97. The molecule has 0 atom stereocenters. The quantitative estimate of drug-likeness (QED) is 0.547. The Hall–Kier alpha value is -3.01. The molecule has 2 heterocycles. The van der Waals surface area contributed by atoms with Crippen LogP contribution in [-0.2, 0) is 12.8 Å². The minimum Gasteiger partial charge on any atom is -0.266 e. The zero-order chi connectivity index (χ0) is 18.8. The molecule has 3 aromatic rings. The van der Waals surface area contributed by atoms with Crippen molar-refractivity contribution in [3.8, 4) is 5.69 Å². The molecule has 10 heteroatoms. The molecule has 3 N–H and O–H groups in total. The van der Waals surface area contributed by atoms with E-state index in [2.05, 4.69) is 47.3 Å². The summed E-state index contributed by atoms with van der Waals surface area (Å²) in [5, 5.41) is 14.1. The average Bonchev–Trinajstić information content (AvgIpc) is 3.35. The van der Waals surface area contributed by atoms with E-state index in [9.17, 15) is 9.59 Å². The Balaban J connectivity index is 1.59. The molecule has 0 unspecified atom stereocenters. The summed E-state index contributed by atoms with van der Waals surface area (Å²) in [5.41, 5.74) is 8.00. The van der Waals surface area contributed by atoms with Crippen molar-refractivity contribution in [2.24, 2.45) is 0 Å². The second kappa shape index (κ2) is 7.31. The molecule has 4 rings (SSSR count). The van der Waals surface area contributed by atoms with Crippen LogP contribution >= 0.6 is 15.9 Å². The Morgan fingerprint density at radius 1 is 1.07 bits per heavy atom. The van der Waals surface area contributed by atoms with E-state index in [1.54, 1.807) is 0 Å². The first kappa shape index (κ1) is 17.4. The molecule has 0 spiro atoms. The number of nitrogens with zero attached hydrogens (tertiary/aromatic N) is 4. The Labute approximate surface area is 162 Å². The highest BCUT2D eigenvalue weighted by molar-refractivity contribution is 9.10. The number of hydrogen-bond acceptors (Lipinski definition) is 5. The van der Waals surface area contributed by atoms with Crippen molar-refractivity contribution in [1.82, 2.24) is 36.0 Å². The van der Waals surface area contributed by atoms with E-state index in [4.69, 9.17) is 0 Å². The maximum atomic E-state index is 12.6. The number of hydrazine groups is 1. The van der Waals surface area contributed by atoms with E-state index in [1.807, 2.05) is 28.9 Å². The van der Waals surface area contributed by atoms with Gasteiger partial charge in [-0.1, -0.05) is 15.9 Å². The lowest BCUT2D eigenvalue weighted by molar-refractivity contribution is 0.0840. The van der Waals surface area contributed by atoms with Gasteiger partial charge in [-0.3, -0.25) is 20.4 Å². The summed E-state index contributed by atoms with van der Waals surface area (Å²) < 4.78 is 2.79. The molecule has 1 aromatic carbocycles. The fourth-order valence-electron chi connectivity index (χ4n) is 3.13. The summed E-state index contributed by atoms with van der Waals surface area (Å²) in [5.74, 6) is -1.01. The summed E-state index contributed by atoms with van der Waals surface area (Å²) in [7, 11) is 0. The number of benzene rings is 1. The van der Waals surface area contributed by atoms with E-state index >= 15 is 0 Å². The third-order valence-corrected chi connectivity index (χ3v) is 4.93. The maximum Gasteiger partial charge on any atom is 0.291 e. The van der Waals surface area contributed by atoms with Crippen LogP contribution in [0.25, 0.3) is 5.69 Å². The molecule has 2 amide bonds. The van der Waals surface area contributed by atoms with Gasteiger partial charge >= 0.3 is 0 Å². The number of amides is 2. The zero-order valence-corrected chi connectivity index (χ0v) is 15.8. The summed E-state index contributed by atoms with van der Waals surface area (Å²) >= 11 is 3.43. The van der Waals surface area contributed by atoms with E-state index in [1.165, 1.54) is 6.20 Å². The standard InChI is InChI=1S/C17H16BrN7O2/c18-10-5-7-11(8-6-10)25-14-4-2-1-3-12(14)15(23-25)17(27)22-21-16(26)13-9-19-24-20-13/h5-9H,1-4H2,(H,21,26)(H,22,27)(H,19,20,24). The number of hydrogen-bond donors (Lipinski definition) is 3. The molecule has 27 heavy (non-hydrogen) atoms. The van der Waals surface area contributed by atoms with Gasteiger partial charge in [0, 0.05) is 15.7 Å². The van der Waals surface area contributed by atoms with Gasteiger partial charge in [-0.2, -0.15) is 20.5 Å². The van der Waals surface area contributed by atoms with Crippen molar-refractivity contribution in [3.05, 3.63) is 57.6 Å². The first-order valence-electron chi connectivity index (χ1n) is 8.46. The van der Waals surface area contributed by atoms with Crippen LogP contribution < -0.4 is 10.9 Å². The predicted molar refractivity (Wildman–Crippen MR) is 99.2 cm³/mol. The maximum absolute atomic E-state index is 12.6. The van der Waals surface area contributed by atoms with Crippen molar-refractivity contribution < 1.29 is 9.59 Å². The van der Waals surface area contributed by atoms with Crippen molar-refractivity contribution in [3.63, 3.8) is 0 Å². The van der Waals surface area contributed by atoms with Crippen molar-refractivity contribution in [2.75, 3.05) is 0 Å². The fraction of sp³-hybridized carbons (Fsp3) is 0.235. The third-order valence-electron chi connectivity index (χ3n) is 4.40. The minimum atomic E-state index is -0.557. The van der Waals surface area contributed by atoms with Gasteiger partial charge in [0.25, 0.3) is 11.8 Å². The molecule has 9 nitrogen and oxygen atoms in total. The molecule has 1 aliphatic rings. The van der Waals surface area contributed by atoms with Gasteiger partial charge in [-0.25, -0.2) is 4.68 Å². The highest BCUT2D eigenvalue weighted by Crippen LogP contribution is 2.27. The number of halogens is 1. The first-order chi connectivity index (χ1) is 13.1. The van der Waals surface area contributed by atoms with Crippen molar-refractivity contribution in [2.45, 2.75) is 25.7 Å². The lowest BCUT2D eigenvalue weighted by Gasteiger charge is -2.14. The minimum absolute atomic E-state index is 0.0812. The number of aromatic amines is 1. The van der Waals surface area contributed by atoms with Crippen LogP contribution in [0.2, 0.25) is 0 Å². The Kier molecular flexibility index (Phi) is 4.71. The lowest BCUT2D eigenvalue weighted by Crippen LogP contribution is -2.42. The fourth-order valence-corrected chi connectivity index (χ4v) is 3.39. The summed E-state index contributed by atoms with van der Waals surface area (Å²) in [4.78, 5) is 24.5. The van der Waals surface area contributed by atoms with Crippen LogP contribution in [0.15, 0.2) is 34.9 Å². The van der Waals surface area contributed by atoms with Crippen LogP contribution in [0.5, 0.6) is 0 Å². The molecule has 138 valence electrons. The number of carbonyl (C=O) groups excluding carboxylic acids is 2. The first-order valence-corrected chi connectivity index (χ1v) is 9.26. The third kappa shape index (κ3) is 3.47. The van der Waals surface area contributed by atoms with E-state index in [0.29, 0.717) is 5.69 Å². The van der Waals surface area contributed by atoms with E-state index in [0.717, 1.165) is 47.1 Å². The number of rotatable bonds is 3. The average molecular weight is 430 g/mol. The van der Waals surface area contributed by atoms with Crippen molar-refractivity contribution >= 4 is 27.7 Å². The molecule has 0 saturated heterocycles. The second-order valence-electron chi connectivity index (χ2n) is 6.13. The molecule has 1 aliphatic carbocycles. The molecule has 0 saturated carbocycles. The molecule has 0 bridgehead atoms. The topological polar surface area (TPSA) is 118 Å². The highest BCUT2D eigenvalue weighted by Gasteiger charge is 2.26. The Morgan fingerprint density at radius 2 is 1.81 bits per heavy atom. The van der Waals surface area contributed by atoms with E-state index in [-0.39, 0.29) is 5.69 Å². The second-order valence-corrected chi connectivity index (χ2v) is 7.05. The van der Waals surface area contributed by atoms with Gasteiger partial charge < -0.3 is 0 Å². The van der Waals surface area contributed by atoms with Crippen LogP contribution in [0.3, 0.4) is 0 Å². The largest absolute Gasteiger partial charge is 0.291 e. The smallest absolute Gasteiger partial charge is 0.266 e. The Morgan fingerprint density at radius 3 is 2.56 bits per heavy atom. The molecule has 0 radical (unpaired) electrons. The van der Waals surface area contributed by atoms with Gasteiger partial charge in [-0.15, -0.1) is 0 Å². The molecule has 0 fully saturated rings. The van der Waals surface area contributed by atoms with Crippen LogP contribution in [0, 0.1) is 0 Å². The SMILES string of the molecule is O=C(NNC(=O)c1nn(-c2ccc(Br)cc2)c2c1CCCC2)c1cn[nH]n1. The lowest BCUT2D eigenvalue weighted by atomic mass is 9.95. The molecular weight excluding hydrogens is 414 g/mol. The summed E-state index contributed by atoms with van der Waals surface area (Å²) in [6, 6.07) is 7.76. The van der Waals surface area contributed by atoms with Crippen molar-refractivity contribution in [1.29, 1.82) is 0 Å². The molecular formula is C17H16BrN7O2. The number of H-pyrrole nitrogens is 1. The zero-order valence-electron chi connectivity index (χ0n) is 14.2. The van der Waals surface area contributed by atoms with Crippen LogP contribution in [-0.4, -0.2) is 37.0 Å². The van der Waals surface area contributed by atoms with Crippen LogP contribution in [0.1, 0.15) is 45.1 Å². The molecule has 0 aliphatic heterocycles. The van der Waals surface area contributed by atoms with Gasteiger partial charge in [0.2, 0.25) is 0 Å². The van der Waals surface area contributed by atoms with Crippen LogP contribution in [0.4, 0.5) is 0 Å². The van der Waals surface area contributed by atoms with Gasteiger partial charge in [0.05, 0.1) is 11.9 Å². The van der Waals surface area contributed by atoms with Gasteiger partial charge in [-0.05, 0) is 49.9 Å². The number of fused-ring (bicyclic) bond motifs is 1. The Bertz CT molecular complexity index is 980. The molecule has 2 aromatic heterocycles. The van der Waals surface area contributed by atoms with Gasteiger partial charge in [0.15, 0.2) is 11.4 Å². The van der Waals surface area contributed by atoms with Gasteiger partial charge in [0.1, 0.15) is 0 Å². The van der Waals surface area contributed by atoms with E-state index < -0.39 is 11.8 Å². The number of nitrogens with one attached hydrogen (secondary N) is 3. The predicted octanol–water partition coefficient (Wildman–Crippen LogP) is 1.71. The number of aromatic nitrogens is 5.